The first-order valence-corrected chi connectivity index (χ1v) is 10.1. The second-order valence-corrected chi connectivity index (χ2v) is 7.65. The summed E-state index contributed by atoms with van der Waals surface area (Å²) in [6.07, 6.45) is 1.41. The number of benzene rings is 2. The van der Waals surface area contributed by atoms with E-state index in [2.05, 4.69) is 41.9 Å². The summed E-state index contributed by atoms with van der Waals surface area (Å²) in [7, 11) is 1.73. The van der Waals surface area contributed by atoms with Crippen LogP contribution in [-0.4, -0.2) is 34.3 Å². The van der Waals surface area contributed by atoms with Crippen molar-refractivity contribution >= 4 is 5.91 Å². The minimum Gasteiger partial charge on any atom is -0.447 e. The zero-order valence-electron chi connectivity index (χ0n) is 18.0. The van der Waals surface area contributed by atoms with Crippen LogP contribution in [0, 0.1) is 19.7 Å². The molecule has 5 nitrogen and oxygen atoms in total. The Hall–Kier alpha value is -2.99. The van der Waals surface area contributed by atoms with Gasteiger partial charge in [0.05, 0.1) is 6.54 Å². The molecule has 0 radical (unpaired) electrons. The van der Waals surface area contributed by atoms with Gasteiger partial charge in [0, 0.05) is 26.7 Å². The lowest BCUT2D eigenvalue weighted by atomic mass is 10.0. The van der Waals surface area contributed by atoms with Gasteiger partial charge in [0.25, 0.3) is 5.91 Å². The normalized spacial score (nSPS) is 11.1. The number of hydrogen-bond donors (Lipinski definition) is 0. The van der Waals surface area contributed by atoms with Gasteiger partial charge in [-0.05, 0) is 49.6 Å². The van der Waals surface area contributed by atoms with Crippen LogP contribution in [0.25, 0.3) is 0 Å². The molecule has 6 heteroatoms. The van der Waals surface area contributed by atoms with E-state index in [-0.39, 0.29) is 11.7 Å². The molecule has 158 valence electrons. The smallest absolute Gasteiger partial charge is 0.275 e. The Morgan fingerprint density at radius 3 is 2.50 bits per heavy atom. The molecule has 0 aliphatic rings. The SMILES string of the molecule is CCN(C)C(=O)c1coc(CN(Cc2ccc(F)cc2)Cc2cc(C)ccc2C)n1. The van der Waals surface area contributed by atoms with Gasteiger partial charge in [-0.1, -0.05) is 35.9 Å². The van der Waals surface area contributed by atoms with Crippen LogP contribution in [-0.2, 0) is 19.6 Å². The monoisotopic (exact) mass is 409 g/mol. The molecule has 0 saturated heterocycles. The molecule has 30 heavy (non-hydrogen) atoms. The highest BCUT2D eigenvalue weighted by atomic mass is 19.1. The highest BCUT2D eigenvalue weighted by molar-refractivity contribution is 5.91. The summed E-state index contributed by atoms with van der Waals surface area (Å²) in [6, 6.07) is 12.9. The van der Waals surface area contributed by atoms with E-state index >= 15 is 0 Å². The van der Waals surface area contributed by atoms with Gasteiger partial charge in [0.1, 0.15) is 12.1 Å². The van der Waals surface area contributed by atoms with E-state index in [4.69, 9.17) is 4.42 Å². The van der Waals surface area contributed by atoms with Crippen molar-refractivity contribution in [3.63, 3.8) is 0 Å². The summed E-state index contributed by atoms with van der Waals surface area (Å²) < 4.78 is 18.9. The fraction of sp³-hybridized carbons (Fsp3) is 0.333. The van der Waals surface area contributed by atoms with Gasteiger partial charge in [-0.25, -0.2) is 9.37 Å². The Morgan fingerprint density at radius 1 is 1.07 bits per heavy atom. The average molecular weight is 410 g/mol. The predicted molar refractivity (Wildman–Crippen MR) is 114 cm³/mol. The maximum atomic E-state index is 13.3. The lowest BCUT2D eigenvalue weighted by Crippen LogP contribution is -2.27. The summed E-state index contributed by atoms with van der Waals surface area (Å²) in [6.45, 7) is 8.40. The highest BCUT2D eigenvalue weighted by Crippen LogP contribution is 2.18. The quantitative estimate of drug-likeness (QED) is 0.540. The number of aromatic nitrogens is 1. The van der Waals surface area contributed by atoms with E-state index in [1.807, 2.05) is 6.92 Å². The molecule has 1 aromatic heterocycles. The van der Waals surface area contributed by atoms with Crippen molar-refractivity contribution in [1.29, 1.82) is 0 Å². The number of carbonyl (C=O) groups excluding carboxylic acids is 1. The third kappa shape index (κ3) is 5.54. The number of hydrogen-bond acceptors (Lipinski definition) is 4. The number of rotatable bonds is 8. The third-order valence-electron chi connectivity index (χ3n) is 5.17. The van der Waals surface area contributed by atoms with E-state index < -0.39 is 0 Å². The molecule has 1 amide bonds. The minimum absolute atomic E-state index is 0.160. The van der Waals surface area contributed by atoms with Gasteiger partial charge in [0.2, 0.25) is 5.89 Å². The number of aryl methyl sites for hydroxylation is 2. The highest BCUT2D eigenvalue weighted by Gasteiger charge is 2.18. The van der Waals surface area contributed by atoms with E-state index in [1.54, 1.807) is 24.1 Å². The molecule has 1 heterocycles. The third-order valence-corrected chi connectivity index (χ3v) is 5.17. The van der Waals surface area contributed by atoms with Crippen LogP contribution in [0.15, 0.2) is 53.1 Å². The summed E-state index contributed by atoms with van der Waals surface area (Å²) >= 11 is 0. The predicted octanol–water partition coefficient (Wildman–Crippen LogP) is 4.72. The first kappa shape index (κ1) is 21.7. The van der Waals surface area contributed by atoms with Crippen LogP contribution in [0.2, 0.25) is 0 Å². The fourth-order valence-electron chi connectivity index (χ4n) is 3.24. The van der Waals surface area contributed by atoms with Crippen molar-refractivity contribution < 1.29 is 13.6 Å². The maximum Gasteiger partial charge on any atom is 0.275 e. The van der Waals surface area contributed by atoms with Gasteiger partial charge >= 0.3 is 0 Å². The molecular weight excluding hydrogens is 381 g/mol. The standard InChI is InChI=1S/C24H28FN3O2/c1-5-27(4)24(29)22-16-30-23(26-22)15-28(13-19-8-10-21(25)11-9-19)14-20-12-17(2)6-7-18(20)3/h6-12,16H,5,13-15H2,1-4H3. The molecule has 0 aliphatic carbocycles. The molecule has 3 rings (SSSR count). The van der Waals surface area contributed by atoms with Crippen LogP contribution in [0.3, 0.4) is 0 Å². The summed E-state index contributed by atoms with van der Waals surface area (Å²) in [4.78, 5) is 20.5. The van der Waals surface area contributed by atoms with Crippen LogP contribution < -0.4 is 0 Å². The number of oxazole rings is 1. The Bertz CT molecular complexity index is 998. The summed E-state index contributed by atoms with van der Waals surface area (Å²) in [5.41, 5.74) is 4.92. The fourth-order valence-corrected chi connectivity index (χ4v) is 3.24. The van der Waals surface area contributed by atoms with E-state index in [1.165, 1.54) is 35.1 Å². The topological polar surface area (TPSA) is 49.6 Å². The van der Waals surface area contributed by atoms with Crippen LogP contribution in [0.4, 0.5) is 4.39 Å². The van der Waals surface area contributed by atoms with Crippen molar-refractivity contribution in [3.8, 4) is 0 Å². The van der Waals surface area contributed by atoms with Crippen LogP contribution in [0.5, 0.6) is 0 Å². The van der Waals surface area contributed by atoms with E-state index in [9.17, 15) is 9.18 Å². The second kappa shape index (κ2) is 9.67. The Kier molecular flexibility index (Phi) is 7.00. The van der Waals surface area contributed by atoms with Gasteiger partial charge in [-0.2, -0.15) is 0 Å². The van der Waals surface area contributed by atoms with Gasteiger partial charge in [-0.3, -0.25) is 9.69 Å². The molecule has 0 spiro atoms. The van der Waals surface area contributed by atoms with Crippen molar-refractivity contribution in [2.45, 2.75) is 40.4 Å². The van der Waals surface area contributed by atoms with Crippen molar-refractivity contribution in [1.82, 2.24) is 14.8 Å². The number of halogens is 1. The first-order chi connectivity index (χ1) is 14.4. The van der Waals surface area contributed by atoms with Crippen molar-refractivity contribution in [2.75, 3.05) is 13.6 Å². The molecule has 0 atom stereocenters. The maximum absolute atomic E-state index is 13.3. The molecule has 2 aromatic carbocycles. The van der Waals surface area contributed by atoms with E-state index in [0.717, 1.165) is 5.56 Å². The Balaban J connectivity index is 1.82. The summed E-state index contributed by atoms with van der Waals surface area (Å²) in [5, 5.41) is 0. The lowest BCUT2D eigenvalue weighted by molar-refractivity contribution is 0.0796. The first-order valence-electron chi connectivity index (χ1n) is 10.1. The van der Waals surface area contributed by atoms with Crippen LogP contribution in [0.1, 0.15) is 45.6 Å². The zero-order chi connectivity index (χ0) is 21.7. The Labute approximate surface area is 177 Å². The van der Waals surface area contributed by atoms with Crippen molar-refractivity contribution in [3.05, 3.63) is 88.4 Å². The second-order valence-electron chi connectivity index (χ2n) is 7.65. The van der Waals surface area contributed by atoms with E-state index in [0.29, 0.717) is 37.8 Å². The molecule has 0 aliphatic heterocycles. The lowest BCUT2D eigenvalue weighted by Gasteiger charge is -2.22. The molecule has 3 aromatic rings. The molecule has 0 fully saturated rings. The van der Waals surface area contributed by atoms with Crippen LogP contribution >= 0.6 is 0 Å². The number of amides is 1. The molecular formula is C24H28FN3O2. The zero-order valence-corrected chi connectivity index (χ0v) is 18.0. The Morgan fingerprint density at radius 2 is 1.80 bits per heavy atom. The number of nitrogens with zero attached hydrogens (tertiary/aromatic N) is 3. The van der Waals surface area contributed by atoms with Crippen molar-refractivity contribution in [2.24, 2.45) is 0 Å². The van der Waals surface area contributed by atoms with Gasteiger partial charge in [-0.15, -0.1) is 0 Å². The van der Waals surface area contributed by atoms with Gasteiger partial charge < -0.3 is 9.32 Å². The molecule has 0 bridgehead atoms. The molecule has 0 N–H and O–H groups in total. The summed E-state index contributed by atoms with van der Waals surface area (Å²) in [5.74, 6) is 0.0677. The minimum atomic E-state index is -0.254. The largest absolute Gasteiger partial charge is 0.447 e. The average Bonchev–Trinajstić information content (AvgIpc) is 3.19. The number of carbonyl (C=O) groups is 1. The van der Waals surface area contributed by atoms with Gasteiger partial charge in [0.15, 0.2) is 5.69 Å². The molecule has 0 saturated carbocycles. The molecule has 0 unspecified atom stereocenters.